The van der Waals surface area contributed by atoms with Crippen LogP contribution in [0.2, 0.25) is 0 Å². The molecule has 0 aliphatic rings. The molecule has 0 rings (SSSR count). The first-order valence-electron chi connectivity index (χ1n) is 5.12. The Hall–Kier alpha value is -0.130. The topological polar surface area (TPSA) is 63.4 Å². The molecule has 0 aromatic rings. The summed E-state index contributed by atoms with van der Waals surface area (Å²) < 4.78 is 24.8. The molecule has 1 atom stereocenters. The maximum atomic E-state index is 11.7. The minimum absolute atomic E-state index is 0.181. The van der Waals surface area contributed by atoms with Crippen molar-refractivity contribution in [1.29, 1.82) is 0 Å². The minimum atomic E-state index is -3.16. The highest BCUT2D eigenvalue weighted by atomic mass is 32.2. The van der Waals surface area contributed by atoms with Gasteiger partial charge >= 0.3 is 0 Å². The van der Waals surface area contributed by atoms with Gasteiger partial charge < -0.3 is 5.73 Å². The summed E-state index contributed by atoms with van der Waals surface area (Å²) in [6, 6.07) is 0. The van der Waals surface area contributed by atoms with Gasteiger partial charge in [-0.3, -0.25) is 0 Å². The number of nitrogens with two attached hydrogens (primary N) is 1. The fourth-order valence-electron chi connectivity index (χ4n) is 1.14. The van der Waals surface area contributed by atoms with Gasteiger partial charge in [0.2, 0.25) is 10.0 Å². The van der Waals surface area contributed by atoms with Crippen molar-refractivity contribution in [2.45, 2.75) is 38.4 Å². The molecule has 4 nitrogen and oxygen atoms in total. The third-order valence-corrected chi connectivity index (χ3v) is 4.61. The molecule has 0 fully saturated rings. The lowest BCUT2D eigenvalue weighted by molar-refractivity contribution is 0.446. The molecule has 0 aromatic carbocycles. The van der Waals surface area contributed by atoms with Gasteiger partial charge in [-0.25, -0.2) is 12.7 Å². The van der Waals surface area contributed by atoms with E-state index in [1.54, 1.807) is 14.0 Å². The summed E-state index contributed by atoms with van der Waals surface area (Å²) >= 11 is 0. The largest absolute Gasteiger partial charge is 0.329 e. The van der Waals surface area contributed by atoms with Crippen LogP contribution in [0.5, 0.6) is 0 Å². The van der Waals surface area contributed by atoms with E-state index in [0.717, 1.165) is 19.3 Å². The molecule has 0 saturated heterocycles. The number of sulfonamides is 1. The molecule has 0 amide bonds. The highest BCUT2D eigenvalue weighted by Crippen LogP contribution is 2.07. The van der Waals surface area contributed by atoms with Gasteiger partial charge in [-0.15, -0.1) is 0 Å². The van der Waals surface area contributed by atoms with E-state index in [9.17, 15) is 8.42 Å². The zero-order chi connectivity index (χ0) is 11.2. The van der Waals surface area contributed by atoms with Crippen LogP contribution in [-0.4, -0.2) is 38.1 Å². The fraction of sp³-hybridized carbons (Fsp3) is 1.00. The lowest BCUT2D eigenvalue weighted by Gasteiger charge is -2.20. The predicted octanol–water partition coefficient (Wildman–Crippen LogP) is 0.785. The van der Waals surface area contributed by atoms with E-state index in [1.807, 2.05) is 0 Å². The quantitative estimate of drug-likeness (QED) is 0.648. The van der Waals surface area contributed by atoms with Crippen LogP contribution in [0.25, 0.3) is 0 Å². The molecule has 0 aromatic heterocycles. The number of unbranched alkanes of at least 4 members (excludes halogenated alkanes) is 2. The fourth-order valence-corrected chi connectivity index (χ4v) is 2.38. The van der Waals surface area contributed by atoms with Gasteiger partial charge in [-0.05, 0) is 13.3 Å². The second-order valence-corrected chi connectivity index (χ2v) is 6.08. The SMILES string of the molecule is CCCCCN(C)S(=O)(=O)C(C)CN. The Morgan fingerprint density at radius 1 is 1.36 bits per heavy atom. The smallest absolute Gasteiger partial charge is 0.217 e. The molecule has 0 aliphatic heterocycles. The minimum Gasteiger partial charge on any atom is -0.329 e. The highest BCUT2D eigenvalue weighted by molar-refractivity contribution is 7.89. The molecule has 1 unspecified atom stereocenters. The molecule has 2 N–H and O–H groups in total. The van der Waals surface area contributed by atoms with Crippen molar-refractivity contribution in [2.75, 3.05) is 20.1 Å². The van der Waals surface area contributed by atoms with Crippen LogP contribution < -0.4 is 5.73 Å². The van der Waals surface area contributed by atoms with Gasteiger partial charge in [0, 0.05) is 20.1 Å². The molecule has 5 heteroatoms. The maximum Gasteiger partial charge on any atom is 0.217 e. The standard InChI is InChI=1S/C9H22N2O2S/c1-4-5-6-7-11(3)14(12,13)9(2)8-10/h9H,4-8,10H2,1-3H3. The van der Waals surface area contributed by atoms with Crippen molar-refractivity contribution >= 4 is 10.0 Å². The Labute approximate surface area is 87.5 Å². The van der Waals surface area contributed by atoms with E-state index in [0.29, 0.717) is 6.54 Å². The normalized spacial score (nSPS) is 14.6. The highest BCUT2D eigenvalue weighted by Gasteiger charge is 2.23. The summed E-state index contributed by atoms with van der Waals surface area (Å²) in [7, 11) is -1.54. The molecular formula is C9H22N2O2S. The average molecular weight is 222 g/mol. The first kappa shape index (κ1) is 13.9. The molecule has 0 bridgehead atoms. The lowest BCUT2D eigenvalue weighted by Crippen LogP contribution is -2.38. The summed E-state index contributed by atoms with van der Waals surface area (Å²) in [5, 5.41) is -0.478. The van der Waals surface area contributed by atoms with Gasteiger partial charge in [0.05, 0.1) is 5.25 Å². The monoisotopic (exact) mass is 222 g/mol. The van der Waals surface area contributed by atoms with Crippen LogP contribution >= 0.6 is 0 Å². The Morgan fingerprint density at radius 3 is 2.36 bits per heavy atom. The van der Waals surface area contributed by atoms with Crippen LogP contribution in [0, 0.1) is 0 Å². The van der Waals surface area contributed by atoms with Crippen LogP contribution in [0.15, 0.2) is 0 Å². The average Bonchev–Trinajstić information content (AvgIpc) is 2.16. The Bertz CT molecular complexity index is 239. The van der Waals surface area contributed by atoms with Crippen molar-refractivity contribution in [3.05, 3.63) is 0 Å². The summed E-state index contributed by atoms with van der Waals surface area (Å²) in [5.41, 5.74) is 5.34. The van der Waals surface area contributed by atoms with Gasteiger partial charge in [0.15, 0.2) is 0 Å². The Balaban J connectivity index is 4.15. The Morgan fingerprint density at radius 2 is 1.93 bits per heavy atom. The first-order valence-corrected chi connectivity index (χ1v) is 6.62. The molecule has 0 spiro atoms. The van der Waals surface area contributed by atoms with Crippen molar-refractivity contribution in [3.8, 4) is 0 Å². The molecule has 0 radical (unpaired) electrons. The van der Waals surface area contributed by atoms with Gasteiger partial charge in [0.1, 0.15) is 0 Å². The summed E-state index contributed by atoms with van der Waals surface area (Å²) in [5.74, 6) is 0. The number of rotatable bonds is 7. The predicted molar refractivity (Wildman–Crippen MR) is 59.6 cm³/mol. The maximum absolute atomic E-state index is 11.7. The van der Waals surface area contributed by atoms with E-state index in [1.165, 1.54) is 4.31 Å². The number of hydrogen-bond acceptors (Lipinski definition) is 3. The molecule has 14 heavy (non-hydrogen) atoms. The van der Waals surface area contributed by atoms with E-state index in [4.69, 9.17) is 5.73 Å². The second-order valence-electron chi connectivity index (χ2n) is 3.62. The van der Waals surface area contributed by atoms with Crippen LogP contribution in [0.1, 0.15) is 33.1 Å². The molecular weight excluding hydrogens is 200 g/mol. The van der Waals surface area contributed by atoms with Gasteiger partial charge in [-0.1, -0.05) is 19.8 Å². The third-order valence-electron chi connectivity index (χ3n) is 2.35. The number of nitrogens with zero attached hydrogens (tertiary/aromatic N) is 1. The zero-order valence-electron chi connectivity index (χ0n) is 9.36. The third kappa shape index (κ3) is 3.94. The van der Waals surface area contributed by atoms with Crippen LogP contribution in [-0.2, 0) is 10.0 Å². The van der Waals surface area contributed by atoms with Crippen molar-refractivity contribution in [1.82, 2.24) is 4.31 Å². The zero-order valence-corrected chi connectivity index (χ0v) is 10.2. The molecule has 86 valence electrons. The van der Waals surface area contributed by atoms with E-state index >= 15 is 0 Å². The van der Waals surface area contributed by atoms with Gasteiger partial charge in [0.25, 0.3) is 0 Å². The van der Waals surface area contributed by atoms with Gasteiger partial charge in [-0.2, -0.15) is 0 Å². The molecule has 0 heterocycles. The van der Waals surface area contributed by atoms with Crippen molar-refractivity contribution in [3.63, 3.8) is 0 Å². The lowest BCUT2D eigenvalue weighted by atomic mass is 10.2. The van der Waals surface area contributed by atoms with E-state index < -0.39 is 15.3 Å². The molecule has 0 aliphatic carbocycles. The summed E-state index contributed by atoms with van der Waals surface area (Å²) in [6.07, 6.45) is 3.08. The van der Waals surface area contributed by atoms with Crippen molar-refractivity contribution < 1.29 is 8.42 Å². The van der Waals surface area contributed by atoms with Crippen LogP contribution in [0.3, 0.4) is 0 Å². The first-order chi connectivity index (χ1) is 6.46. The van der Waals surface area contributed by atoms with Crippen molar-refractivity contribution in [2.24, 2.45) is 5.73 Å². The van der Waals surface area contributed by atoms with E-state index in [-0.39, 0.29) is 6.54 Å². The van der Waals surface area contributed by atoms with E-state index in [2.05, 4.69) is 6.92 Å². The summed E-state index contributed by atoms with van der Waals surface area (Å²) in [4.78, 5) is 0. The van der Waals surface area contributed by atoms with Crippen LogP contribution in [0.4, 0.5) is 0 Å². The summed E-state index contributed by atoms with van der Waals surface area (Å²) in [6.45, 7) is 4.52. The number of hydrogen-bond donors (Lipinski definition) is 1. The molecule has 0 saturated carbocycles. The Kier molecular flexibility index (Phi) is 6.31. The second kappa shape index (κ2) is 6.37.